The van der Waals surface area contributed by atoms with Gasteiger partial charge in [0.25, 0.3) is 0 Å². The Hall–Kier alpha value is -1.44. The van der Waals surface area contributed by atoms with Gasteiger partial charge in [0, 0.05) is 32.9 Å². The van der Waals surface area contributed by atoms with Gasteiger partial charge in [0.05, 0.1) is 11.3 Å². The Kier molecular flexibility index (Phi) is 4.44. The highest BCUT2D eigenvalue weighted by Crippen LogP contribution is 2.30. The molecule has 7 heteroatoms. The molecule has 0 saturated carbocycles. The summed E-state index contributed by atoms with van der Waals surface area (Å²) >= 11 is 0. The smallest absolute Gasteiger partial charge is 0.242 e. The predicted octanol–water partition coefficient (Wildman–Crippen LogP) is 0.922. The zero-order valence-corrected chi connectivity index (χ0v) is 14.5. The van der Waals surface area contributed by atoms with Crippen molar-refractivity contribution in [2.45, 2.75) is 24.2 Å². The van der Waals surface area contributed by atoms with Crippen LogP contribution in [0.15, 0.2) is 23.1 Å². The first-order valence-electron chi connectivity index (χ1n) is 7.98. The predicted molar refractivity (Wildman–Crippen MR) is 89.0 cm³/mol. The summed E-state index contributed by atoms with van der Waals surface area (Å²) in [7, 11) is -0.177. The number of hydrogen-bond donors (Lipinski definition) is 0. The molecular weight excluding hydrogens is 314 g/mol. The molecule has 1 aromatic carbocycles. The maximum atomic E-state index is 12.7. The lowest BCUT2D eigenvalue weighted by molar-refractivity contribution is -0.117. The summed E-state index contributed by atoms with van der Waals surface area (Å²) < 4.78 is 26.8. The molecule has 2 aliphatic heterocycles. The third-order valence-corrected chi connectivity index (χ3v) is 6.62. The highest BCUT2D eigenvalue weighted by molar-refractivity contribution is 7.89. The van der Waals surface area contributed by atoms with Crippen LogP contribution in [0.2, 0.25) is 0 Å². The first kappa shape index (κ1) is 16.4. The number of fused-ring (bicyclic) bond motifs is 1. The SMILES string of the molecule is CN1C(=O)Cc2cc(S(=O)(=O)N(C)CCN3CCCC3)ccc21. The average Bonchev–Trinajstić information content (AvgIpc) is 3.13. The van der Waals surface area contributed by atoms with E-state index >= 15 is 0 Å². The molecule has 2 aliphatic rings. The van der Waals surface area contributed by atoms with Crippen molar-refractivity contribution in [3.63, 3.8) is 0 Å². The Labute approximate surface area is 137 Å². The summed E-state index contributed by atoms with van der Waals surface area (Å²) in [6, 6.07) is 4.95. The van der Waals surface area contributed by atoms with Gasteiger partial charge in [-0.1, -0.05) is 0 Å². The number of likely N-dealkylation sites (N-methyl/N-ethyl adjacent to an activating group) is 2. The molecule has 23 heavy (non-hydrogen) atoms. The molecule has 3 rings (SSSR count). The van der Waals surface area contributed by atoms with E-state index in [0.29, 0.717) is 6.54 Å². The number of nitrogens with zero attached hydrogens (tertiary/aromatic N) is 3. The van der Waals surface area contributed by atoms with Crippen LogP contribution in [0.4, 0.5) is 5.69 Å². The van der Waals surface area contributed by atoms with Crippen molar-refractivity contribution in [1.29, 1.82) is 0 Å². The molecule has 0 bridgehead atoms. The van der Waals surface area contributed by atoms with Crippen LogP contribution in [0.1, 0.15) is 18.4 Å². The van der Waals surface area contributed by atoms with Crippen LogP contribution in [0.25, 0.3) is 0 Å². The van der Waals surface area contributed by atoms with E-state index in [1.807, 2.05) is 0 Å². The third kappa shape index (κ3) is 3.13. The Morgan fingerprint density at radius 3 is 2.61 bits per heavy atom. The van der Waals surface area contributed by atoms with Gasteiger partial charge in [-0.15, -0.1) is 0 Å². The van der Waals surface area contributed by atoms with E-state index in [-0.39, 0.29) is 17.2 Å². The Bertz CT molecular complexity index is 711. The molecule has 2 heterocycles. The molecule has 0 aromatic heterocycles. The zero-order valence-electron chi connectivity index (χ0n) is 13.7. The summed E-state index contributed by atoms with van der Waals surface area (Å²) in [6.45, 7) is 3.36. The van der Waals surface area contributed by atoms with Crippen LogP contribution < -0.4 is 4.90 Å². The van der Waals surface area contributed by atoms with Crippen molar-refractivity contribution in [2.75, 3.05) is 45.2 Å². The molecule has 1 amide bonds. The van der Waals surface area contributed by atoms with Crippen LogP contribution in [-0.4, -0.2) is 63.8 Å². The number of carbonyl (C=O) groups excluding carboxylic acids is 1. The fourth-order valence-corrected chi connectivity index (χ4v) is 4.41. The fraction of sp³-hybridized carbons (Fsp3) is 0.562. The van der Waals surface area contributed by atoms with Crippen molar-refractivity contribution in [3.8, 4) is 0 Å². The normalized spacial score (nSPS) is 18.9. The van der Waals surface area contributed by atoms with Gasteiger partial charge >= 0.3 is 0 Å². The summed E-state index contributed by atoms with van der Waals surface area (Å²) in [6.07, 6.45) is 2.67. The number of anilines is 1. The van der Waals surface area contributed by atoms with E-state index in [9.17, 15) is 13.2 Å². The second kappa shape index (κ2) is 6.22. The van der Waals surface area contributed by atoms with E-state index in [2.05, 4.69) is 4.90 Å². The van der Waals surface area contributed by atoms with Gasteiger partial charge in [0.2, 0.25) is 15.9 Å². The molecule has 126 valence electrons. The van der Waals surface area contributed by atoms with E-state index in [4.69, 9.17) is 0 Å². The first-order valence-corrected chi connectivity index (χ1v) is 9.42. The highest BCUT2D eigenvalue weighted by Gasteiger charge is 2.28. The standard InChI is InChI=1S/C16H23N3O3S/c1-17(9-10-19-7-3-4-8-19)23(21,22)14-5-6-15-13(11-14)12-16(20)18(15)2/h5-6,11H,3-4,7-10,12H2,1-2H3. The van der Waals surface area contributed by atoms with Crippen molar-refractivity contribution < 1.29 is 13.2 Å². The minimum Gasteiger partial charge on any atom is -0.315 e. The maximum Gasteiger partial charge on any atom is 0.242 e. The van der Waals surface area contributed by atoms with E-state index in [1.165, 1.54) is 17.1 Å². The zero-order chi connectivity index (χ0) is 16.6. The molecule has 0 atom stereocenters. The average molecular weight is 337 g/mol. The molecule has 1 saturated heterocycles. The molecule has 1 fully saturated rings. The van der Waals surface area contributed by atoms with E-state index in [0.717, 1.165) is 30.9 Å². The van der Waals surface area contributed by atoms with Gasteiger partial charge in [0.1, 0.15) is 0 Å². The highest BCUT2D eigenvalue weighted by atomic mass is 32.2. The molecule has 6 nitrogen and oxygen atoms in total. The number of hydrogen-bond acceptors (Lipinski definition) is 4. The molecular formula is C16H23N3O3S. The van der Waals surface area contributed by atoms with Crippen LogP contribution in [0.5, 0.6) is 0 Å². The van der Waals surface area contributed by atoms with Crippen LogP contribution in [0.3, 0.4) is 0 Å². The summed E-state index contributed by atoms with van der Waals surface area (Å²) in [5, 5.41) is 0. The lowest BCUT2D eigenvalue weighted by atomic mass is 10.2. The summed E-state index contributed by atoms with van der Waals surface area (Å²) in [4.78, 5) is 15.9. The largest absolute Gasteiger partial charge is 0.315 e. The van der Waals surface area contributed by atoms with Gasteiger partial charge in [-0.05, 0) is 49.7 Å². The van der Waals surface area contributed by atoms with Gasteiger partial charge in [-0.3, -0.25) is 4.79 Å². The Balaban J connectivity index is 1.74. The number of sulfonamides is 1. The van der Waals surface area contributed by atoms with Gasteiger partial charge in [-0.25, -0.2) is 8.42 Å². The molecule has 0 N–H and O–H groups in total. The van der Waals surface area contributed by atoms with E-state index in [1.54, 1.807) is 37.2 Å². The number of carbonyl (C=O) groups is 1. The minimum absolute atomic E-state index is 0.00284. The van der Waals surface area contributed by atoms with Crippen molar-refractivity contribution >= 4 is 21.6 Å². The Morgan fingerprint density at radius 2 is 1.91 bits per heavy atom. The van der Waals surface area contributed by atoms with Gasteiger partial charge in [-0.2, -0.15) is 4.31 Å². The van der Waals surface area contributed by atoms with Crippen LogP contribution in [-0.2, 0) is 21.2 Å². The first-order chi connectivity index (χ1) is 10.9. The van der Waals surface area contributed by atoms with Crippen molar-refractivity contribution in [1.82, 2.24) is 9.21 Å². The second-order valence-electron chi connectivity index (χ2n) is 6.30. The number of benzene rings is 1. The third-order valence-electron chi connectivity index (χ3n) is 4.77. The maximum absolute atomic E-state index is 12.7. The molecule has 0 radical (unpaired) electrons. The molecule has 0 aliphatic carbocycles. The monoisotopic (exact) mass is 337 g/mol. The number of rotatable bonds is 5. The quantitative estimate of drug-likeness (QED) is 0.802. The lowest BCUT2D eigenvalue weighted by Gasteiger charge is -2.21. The second-order valence-corrected chi connectivity index (χ2v) is 8.34. The Morgan fingerprint density at radius 1 is 1.22 bits per heavy atom. The number of likely N-dealkylation sites (tertiary alicyclic amines) is 1. The van der Waals surface area contributed by atoms with Gasteiger partial charge < -0.3 is 9.80 Å². The fourth-order valence-electron chi connectivity index (χ4n) is 3.20. The molecule has 0 spiro atoms. The van der Waals surface area contributed by atoms with E-state index < -0.39 is 10.0 Å². The van der Waals surface area contributed by atoms with Crippen molar-refractivity contribution in [3.05, 3.63) is 23.8 Å². The van der Waals surface area contributed by atoms with Crippen LogP contribution in [0, 0.1) is 0 Å². The summed E-state index contributed by atoms with van der Waals surface area (Å²) in [5.74, 6) is -0.00284. The van der Waals surface area contributed by atoms with Crippen LogP contribution >= 0.6 is 0 Å². The van der Waals surface area contributed by atoms with Crippen molar-refractivity contribution in [2.24, 2.45) is 0 Å². The molecule has 0 unspecified atom stereocenters. The summed E-state index contributed by atoms with van der Waals surface area (Å²) in [5.41, 5.74) is 1.58. The lowest BCUT2D eigenvalue weighted by Crippen LogP contribution is -2.35. The van der Waals surface area contributed by atoms with Gasteiger partial charge in [0.15, 0.2) is 0 Å². The molecule has 1 aromatic rings. The topological polar surface area (TPSA) is 60.9 Å². The minimum atomic E-state index is -3.51. The number of amides is 1.